The van der Waals surface area contributed by atoms with E-state index >= 15 is 0 Å². The van der Waals surface area contributed by atoms with Crippen molar-refractivity contribution in [1.29, 1.82) is 0 Å². The van der Waals surface area contributed by atoms with Crippen LogP contribution in [-0.2, 0) is 6.18 Å². The summed E-state index contributed by atoms with van der Waals surface area (Å²) < 4.78 is 78.2. The van der Waals surface area contributed by atoms with Crippen molar-refractivity contribution in [2.75, 3.05) is 37.3 Å². The summed E-state index contributed by atoms with van der Waals surface area (Å²) in [5.41, 5.74) is 0.224. The Hall–Kier alpha value is -2.57. The normalized spacial score (nSPS) is 16.7. The highest BCUT2D eigenvalue weighted by Gasteiger charge is 2.35. The maximum Gasteiger partial charge on any atom is 0.421 e. The van der Waals surface area contributed by atoms with Crippen LogP contribution in [0.25, 0.3) is 0 Å². The molecule has 1 aliphatic heterocycles. The highest BCUT2D eigenvalue weighted by atomic mass is 19.4. The second-order valence-corrected chi connectivity index (χ2v) is 7.04. The second kappa shape index (κ2) is 8.28. The van der Waals surface area contributed by atoms with Crippen LogP contribution in [0.15, 0.2) is 12.4 Å². The molecule has 2 aromatic rings. The van der Waals surface area contributed by atoms with E-state index in [4.69, 9.17) is 0 Å². The number of rotatable bonds is 5. The molecule has 0 atom stereocenters. The molecule has 3 heterocycles. The molecule has 0 aliphatic carbocycles. The number of nitrogens with one attached hydrogen (secondary N) is 2. The number of aromatic nitrogens is 4. The Labute approximate surface area is 168 Å². The third-order valence-corrected chi connectivity index (χ3v) is 4.93. The number of halogens is 6. The molecule has 166 valence electrons. The summed E-state index contributed by atoms with van der Waals surface area (Å²) in [6.07, 6.45) is -5.59. The van der Waals surface area contributed by atoms with Gasteiger partial charge in [0.2, 0.25) is 5.95 Å². The lowest BCUT2D eigenvalue weighted by atomic mass is 10.0. The Kier molecular flexibility index (Phi) is 6.11. The SMILES string of the molecule is CNc1nc(Nc2cnn(C3CCN(CC(F)(F)F)CC3)c2C)ncc1C(F)(F)F. The molecule has 2 N–H and O–H groups in total. The molecule has 0 aromatic carbocycles. The summed E-state index contributed by atoms with van der Waals surface area (Å²) in [4.78, 5) is 8.94. The van der Waals surface area contributed by atoms with Gasteiger partial charge in [-0.05, 0) is 19.8 Å². The Morgan fingerprint density at radius 2 is 1.77 bits per heavy atom. The van der Waals surface area contributed by atoms with E-state index in [-0.39, 0.29) is 17.8 Å². The molecule has 0 bridgehead atoms. The molecule has 1 saturated heterocycles. The number of nitrogens with zero attached hydrogens (tertiary/aromatic N) is 5. The molecule has 0 amide bonds. The van der Waals surface area contributed by atoms with Crippen LogP contribution in [0.4, 0.5) is 43.8 Å². The monoisotopic (exact) mass is 437 g/mol. The maximum atomic E-state index is 13.0. The topological polar surface area (TPSA) is 70.9 Å². The van der Waals surface area contributed by atoms with Gasteiger partial charge in [-0.3, -0.25) is 9.58 Å². The van der Waals surface area contributed by atoms with Crippen molar-refractivity contribution < 1.29 is 26.3 Å². The predicted octanol–water partition coefficient (Wildman–Crippen LogP) is 3.98. The lowest BCUT2D eigenvalue weighted by Crippen LogP contribution is -2.40. The lowest BCUT2D eigenvalue weighted by Gasteiger charge is -2.32. The van der Waals surface area contributed by atoms with Gasteiger partial charge in [-0.1, -0.05) is 0 Å². The molecular formula is C17H21F6N7. The highest BCUT2D eigenvalue weighted by Crippen LogP contribution is 2.34. The molecule has 0 radical (unpaired) electrons. The molecule has 1 fully saturated rings. The van der Waals surface area contributed by atoms with E-state index in [0.29, 0.717) is 43.5 Å². The molecule has 2 aromatic heterocycles. The van der Waals surface area contributed by atoms with Crippen molar-refractivity contribution in [3.8, 4) is 0 Å². The van der Waals surface area contributed by atoms with E-state index < -0.39 is 24.5 Å². The minimum absolute atomic E-state index is 0.0324. The van der Waals surface area contributed by atoms with E-state index in [1.54, 1.807) is 11.6 Å². The molecule has 3 rings (SSSR count). The van der Waals surface area contributed by atoms with Crippen LogP contribution in [0, 0.1) is 6.92 Å². The number of piperidine rings is 1. The van der Waals surface area contributed by atoms with Gasteiger partial charge in [-0.2, -0.15) is 36.4 Å². The zero-order chi connectivity index (χ0) is 22.1. The van der Waals surface area contributed by atoms with Crippen molar-refractivity contribution in [2.24, 2.45) is 0 Å². The molecular weight excluding hydrogens is 416 g/mol. The van der Waals surface area contributed by atoms with Gasteiger partial charge in [0, 0.05) is 26.3 Å². The summed E-state index contributed by atoms with van der Waals surface area (Å²) in [7, 11) is 1.33. The Morgan fingerprint density at radius 1 is 1.10 bits per heavy atom. The fourth-order valence-electron chi connectivity index (χ4n) is 3.45. The fourth-order valence-corrected chi connectivity index (χ4v) is 3.45. The van der Waals surface area contributed by atoms with E-state index in [2.05, 4.69) is 25.7 Å². The average Bonchev–Trinajstić information content (AvgIpc) is 3.00. The van der Waals surface area contributed by atoms with Crippen LogP contribution in [0.3, 0.4) is 0 Å². The Balaban J connectivity index is 1.69. The van der Waals surface area contributed by atoms with Crippen LogP contribution >= 0.6 is 0 Å². The summed E-state index contributed by atoms with van der Waals surface area (Å²) in [6, 6.07) is -0.0635. The third-order valence-electron chi connectivity index (χ3n) is 4.93. The van der Waals surface area contributed by atoms with Crippen LogP contribution in [0.1, 0.15) is 30.1 Å². The number of likely N-dealkylation sites (tertiary alicyclic amines) is 1. The smallest absolute Gasteiger partial charge is 0.372 e. The molecule has 13 heteroatoms. The highest BCUT2D eigenvalue weighted by molar-refractivity contribution is 5.58. The van der Waals surface area contributed by atoms with Crippen LogP contribution < -0.4 is 10.6 Å². The number of anilines is 3. The number of hydrogen-bond acceptors (Lipinski definition) is 6. The standard InChI is InChI=1S/C17H21F6N7/c1-10-13(27-15-25-7-12(17(21,22)23)14(24-2)28-15)8-26-30(10)11-3-5-29(6-4-11)9-16(18,19)20/h7-8,11H,3-6,9H2,1-2H3,(H2,24,25,27,28). The average molecular weight is 437 g/mol. The van der Waals surface area contributed by atoms with E-state index in [0.717, 1.165) is 0 Å². The Bertz CT molecular complexity index is 868. The van der Waals surface area contributed by atoms with Gasteiger partial charge in [0.05, 0.1) is 30.2 Å². The van der Waals surface area contributed by atoms with Gasteiger partial charge < -0.3 is 10.6 Å². The van der Waals surface area contributed by atoms with Crippen molar-refractivity contribution in [3.05, 3.63) is 23.7 Å². The van der Waals surface area contributed by atoms with Gasteiger partial charge in [0.1, 0.15) is 11.4 Å². The summed E-state index contributed by atoms with van der Waals surface area (Å²) in [6.45, 7) is 1.45. The molecule has 0 spiro atoms. The zero-order valence-electron chi connectivity index (χ0n) is 16.3. The van der Waals surface area contributed by atoms with Gasteiger partial charge >= 0.3 is 12.4 Å². The van der Waals surface area contributed by atoms with Crippen molar-refractivity contribution in [2.45, 2.75) is 38.2 Å². The molecule has 30 heavy (non-hydrogen) atoms. The third kappa shape index (κ3) is 5.12. The van der Waals surface area contributed by atoms with Gasteiger partial charge in [0.25, 0.3) is 0 Å². The fraction of sp³-hybridized carbons (Fsp3) is 0.588. The van der Waals surface area contributed by atoms with E-state index in [9.17, 15) is 26.3 Å². The minimum atomic E-state index is -4.58. The molecule has 0 saturated carbocycles. The predicted molar refractivity (Wildman–Crippen MR) is 97.6 cm³/mol. The van der Waals surface area contributed by atoms with Gasteiger partial charge in [0.15, 0.2) is 0 Å². The first-order valence-electron chi connectivity index (χ1n) is 9.20. The van der Waals surface area contributed by atoms with Crippen LogP contribution in [-0.4, -0.2) is 57.5 Å². The van der Waals surface area contributed by atoms with Gasteiger partial charge in [-0.25, -0.2) is 4.98 Å². The van der Waals surface area contributed by atoms with E-state index in [1.165, 1.54) is 18.1 Å². The molecule has 7 nitrogen and oxygen atoms in total. The van der Waals surface area contributed by atoms with Crippen molar-refractivity contribution in [1.82, 2.24) is 24.6 Å². The first-order valence-corrected chi connectivity index (χ1v) is 9.20. The number of alkyl halides is 6. The Morgan fingerprint density at radius 3 is 2.33 bits per heavy atom. The summed E-state index contributed by atoms with van der Waals surface area (Å²) >= 11 is 0. The maximum absolute atomic E-state index is 13.0. The number of hydrogen-bond donors (Lipinski definition) is 2. The van der Waals surface area contributed by atoms with Gasteiger partial charge in [-0.15, -0.1) is 0 Å². The molecule has 0 unspecified atom stereocenters. The van der Waals surface area contributed by atoms with Crippen molar-refractivity contribution >= 4 is 17.5 Å². The van der Waals surface area contributed by atoms with Crippen molar-refractivity contribution in [3.63, 3.8) is 0 Å². The lowest BCUT2D eigenvalue weighted by molar-refractivity contribution is -0.148. The van der Waals surface area contributed by atoms with E-state index in [1.807, 2.05) is 0 Å². The van der Waals surface area contributed by atoms with Crippen LogP contribution in [0.2, 0.25) is 0 Å². The first kappa shape index (κ1) is 22.1. The van der Waals surface area contributed by atoms with Crippen LogP contribution in [0.5, 0.6) is 0 Å². The summed E-state index contributed by atoms with van der Waals surface area (Å²) in [5, 5.41) is 9.55. The largest absolute Gasteiger partial charge is 0.421 e. The zero-order valence-corrected chi connectivity index (χ0v) is 16.3. The quantitative estimate of drug-likeness (QED) is 0.690. The first-order chi connectivity index (χ1) is 14.0. The second-order valence-electron chi connectivity index (χ2n) is 7.04. The molecule has 1 aliphatic rings. The minimum Gasteiger partial charge on any atom is -0.372 e. The summed E-state index contributed by atoms with van der Waals surface area (Å²) in [5.74, 6) is -0.392.